The quantitative estimate of drug-likeness (QED) is 0.252. The van der Waals surface area contributed by atoms with E-state index in [-0.39, 0.29) is 0 Å². The van der Waals surface area contributed by atoms with E-state index in [2.05, 4.69) is 35.0 Å². The van der Waals surface area contributed by atoms with Gasteiger partial charge in [-0.2, -0.15) is 0 Å². The van der Waals surface area contributed by atoms with Gasteiger partial charge in [0.05, 0.1) is 14.2 Å². The minimum Gasteiger partial charge on any atom is -0.493 e. The first-order valence-electron chi connectivity index (χ1n) is 9.50. The van der Waals surface area contributed by atoms with Crippen LogP contribution in [0.2, 0.25) is 0 Å². The second-order valence-corrected chi connectivity index (χ2v) is 7.40. The third kappa shape index (κ3) is 8.41. The molecule has 1 aromatic rings. The van der Waals surface area contributed by atoms with Crippen LogP contribution in [0.3, 0.4) is 0 Å². The predicted molar refractivity (Wildman–Crippen MR) is 108 cm³/mol. The number of alkyl halides is 1. The molecule has 3 heteroatoms. The molecule has 0 bridgehead atoms. The fraction of sp³-hybridized carbons (Fsp3) is 0.714. The van der Waals surface area contributed by atoms with Gasteiger partial charge >= 0.3 is 0 Å². The largest absolute Gasteiger partial charge is 0.493 e. The van der Waals surface area contributed by atoms with Gasteiger partial charge in [0.2, 0.25) is 0 Å². The highest BCUT2D eigenvalue weighted by molar-refractivity contribution is 9.09. The van der Waals surface area contributed by atoms with Gasteiger partial charge in [0, 0.05) is 5.33 Å². The van der Waals surface area contributed by atoms with Gasteiger partial charge in [0.25, 0.3) is 0 Å². The Hall–Kier alpha value is -0.700. The standard InChI is InChI=1S/C21H35BrO2/c1-18-16-20(23-2)21(24-3)17-19(18)14-12-10-8-6-4-5-7-9-11-13-15-22/h16-17H,4-15H2,1-3H3. The summed E-state index contributed by atoms with van der Waals surface area (Å²) in [7, 11) is 3.40. The van der Waals surface area contributed by atoms with Crippen molar-refractivity contribution in [2.24, 2.45) is 0 Å². The van der Waals surface area contributed by atoms with E-state index in [1.165, 1.54) is 75.3 Å². The molecular formula is C21H35BrO2. The minimum atomic E-state index is 0.829. The summed E-state index contributed by atoms with van der Waals surface area (Å²) < 4.78 is 10.8. The highest BCUT2D eigenvalue weighted by Crippen LogP contribution is 2.31. The molecule has 1 aromatic carbocycles. The molecule has 0 unspecified atom stereocenters. The number of ether oxygens (including phenoxy) is 2. The van der Waals surface area contributed by atoms with E-state index in [0.29, 0.717) is 0 Å². The maximum atomic E-state index is 5.41. The third-order valence-electron chi connectivity index (χ3n) is 4.67. The second kappa shape index (κ2) is 13.6. The zero-order valence-corrected chi connectivity index (χ0v) is 17.4. The molecule has 0 saturated carbocycles. The molecule has 0 N–H and O–H groups in total. The Morgan fingerprint density at radius 2 is 1.17 bits per heavy atom. The van der Waals surface area contributed by atoms with Gasteiger partial charge in [-0.05, 0) is 49.4 Å². The summed E-state index contributed by atoms with van der Waals surface area (Å²) in [5.41, 5.74) is 2.69. The lowest BCUT2D eigenvalue weighted by Gasteiger charge is -2.12. The van der Waals surface area contributed by atoms with Crippen molar-refractivity contribution in [1.29, 1.82) is 0 Å². The highest BCUT2D eigenvalue weighted by Gasteiger charge is 2.08. The normalized spacial score (nSPS) is 10.8. The number of benzene rings is 1. The SMILES string of the molecule is COc1cc(C)c(CCCCCCCCCCCCBr)cc1OC. The molecule has 0 fully saturated rings. The summed E-state index contributed by atoms with van der Waals surface area (Å²) in [5, 5.41) is 1.16. The average Bonchev–Trinajstić information content (AvgIpc) is 2.60. The van der Waals surface area contributed by atoms with Crippen LogP contribution in [-0.2, 0) is 6.42 Å². The van der Waals surface area contributed by atoms with Crippen LogP contribution in [0.4, 0.5) is 0 Å². The van der Waals surface area contributed by atoms with Crippen molar-refractivity contribution in [3.63, 3.8) is 0 Å². The summed E-state index contributed by atoms with van der Waals surface area (Å²) in [5.74, 6) is 1.67. The second-order valence-electron chi connectivity index (χ2n) is 6.61. The van der Waals surface area contributed by atoms with Crippen LogP contribution in [0.1, 0.15) is 75.3 Å². The Balaban J connectivity index is 2.13. The van der Waals surface area contributed by atoms with E-state index in [0.717, 1.165) is 23.2 Å². The number of hydrogen-bond acceptors (Lipinski definition) is 2. The summed E-state index contributed by atoms with van der Waals surface area (Å²) in [6.07, 6.45) is 14.9. The van der Waals surface area contributed by atoms with E-state index in [4.69, 9.17) is 9.47 Å². The van der Waals surface area contributed by atoms with Crippen LogP contribution in [0.25, 0.3) is 0 Å². The zero-order chi connectivity index (χ0) is 17.6. The first-order valence-corrected chi connectivity index (χ1v) is 10.6. The van der Waals surface area contributed by atoms with Crippen LogP contribution in [-0.4, -0.2) is 19.5 Å². The Labute approximate surface area is 157 Å². The number of methoxy groups -OCH3 is 2. The van der Waals surface area contributed by atoms with Crippen LogP contribution in [0, 0.1) is 6.92 Å². The molecular weight excluding hydrogens is 364 g/mol. The van der Waals surface area contributed by atoms with E-state index >= 15 is 0 Å². The summed E-state index contributed by atoms with van der Waals surface area (Å²) in [6.45, 7) is 2.16. The van der Waals surface area contributed by atoms with Gasteiger partial charge in [0.15, 0.2) is 11.5 Å². The van der Waals surface area contributed by atoms with Crippen LogP contribution in [0.15, 0.2) is 12.1 Å². The lowest BCUT2D eigenvalue weighted by molar-refractivity contribution is 0.354. The smallest absolute Gasteiger partial charge is 0.161 e. The van der Waals surface area contributed by atoms with Crippen molar-refractivity contribution in [1.82, 2.24) is 0 Å². The van der Waals surface area contributed by atoms with Gasteiger partial charge in [-0.3, -0.25) is 0 Å². The Kier molecular flexibility index (Phi) is 12.1. The number of hydrogen-bond donors (Lipinski definition) is 0. The number of aryl methyl sites for hydroxylation is 2. The van der Waals surface area contributed by atoms with Crippen molar-refractivity contribution in [3.05, 3.63) is 23.3 Å². The summed E-state index contributed by atoms with van der Waals surface area (Å²) in [6, 6.07) is 4.23. The molecule has 0 atom stereocenters. The molecule has 0 aliphatic carbocycles. The van der Waals surface area contributed by atoms with Crippen molar-refractivity contribution in [2.75, 3.05) is 19.5 Å². The van der Waals surface area contributed by atoms with Crippen molar-refractivity contribution in [2.45, 2.75) is 77.6 Å². The van der Waals surface area contributed by atoms with E-state index < -0.39 is 0 Å². The van der Waals surface area contributed by atoms with Crippen molar-refractivity contribution in [3.8, 4) is 11.5 Å². The van der Waals surface area contributed by atoms with Gasteiger partial charge in [-0.1, -0.05) is 67.3 Å². The molecule has 0 saturated heterocycles. The van der Waals surface area contributed by atoms with Crippen molar-refractivity contribution < 1.29 is 9.47 Å². The first kappa shape index (κ1) is 21.3. The Morgan fingerprint density at radius 1 is 0.708 bits per heavy atom. The minimum absolute atomic E-state index is 0.829. The number of rotatable bonds is 14. The fourth-order valence-electron chi connectivity index (χ4n) is 3.12. The van der Waals surface area contributed by atoms with Gasteiger partial charge in [0.1, 0.15) is 0 Å². The maximum Gasteiger partial charge on any atom is 0.161 e. The molecule has 1 rings (SSSR count). The molecule has 0 radical (unpaired) electrons. The predicted octanol–water partition coefficient (Wildman–Crippen LogP) is 6.85. The molecule has 0 aliphatic rings. The molecule has 0 spiro atoms. The van der Waals surface area contributed by atoms with Gasteiger partial charge in [-0.15, -0.1) is 0 Å². The highest BCUT2D eigenvalue weighted by atomic mass is 79.9. The van der Waals surface area contributed by atoms with E-state index in [1.54, 1.807) is 14.2 Å². The van der Waals surface area contributed by atoms with Gasteiger partial charge in [-0.25, -0.2) is 0 Å². The average molecular weight is 399 g/mol. The lowest BCUT2D eigenvalue weighted by atomic mass is 10.00. The van der Waals surface area contributed by atoms with Gasteiger partial charge < -0.3 is 9.47 Å². The zero-order valence-electron chi connectivity index (χ0n) is 15.8. The molecule has 2 nitrogen and oxygen atoms in total. The Morgan fingerprint density at radius 3 is 1.67 bits per heavy atom. The number of unbranched alkanes of at least 4 members (excludes halogenated alkanes) is 9. The van der Waals surface area contributed by atoms with E-state index in [9.17, 15) is 0 Å². The summed E-state index contributed by atoms with van der Waals surface area (Å²) in [4.78, 5) is 0. The monoisotopic (exact) mass is 398 g/mol. The Bertz CT molecular complexity index is 446. The lowest BCUT2D eigenvalue weighted by Crippen LogP contribution is -1.96. The molecule has 0 aromatic heterocycles. The first-order chi connectivity index (χ1) is 11.7. The molecule has 138 valence electrons. The van der Waals surface area contributed by atoms with E-state index in [1.807, 2.05) is 0 Å². The van der Waals surface area contributed by atoms with Crippen LogP contribution < -0.4 is 9.47 Å². The van der Waals surface area contributed by atoms with Crippen LogP contribution in [0.5, 0.6) is 11.5 Å². The fourth-order valence-corrected chi connectivity index (χ4v) is 3.51. The molecule has 0 heterocycles. The summed E-state index contributed by atoms with van der Waals surface area (Å²) >= 11 is 3.49. The van der Waals surface area contributed by atoms with Crippen LogP contribution >= 0.6 is 15.9 Å². The van der Waals surface area contributed by atoms with Crippen molar-refractivity contribution >= 4 is 15.9 Å². The molecule has 0 aliphatic heterocycles. The third-order valence-corrected chi connectivity index (χ3v) is 5.23. The topological polar surface area (TPSA) is 18.5 Å². The number of halogens is 1. The molecule has 24 heavy (non-hydrogen) atoms. The molecule has 0 amide bonds. The maximum absolute atomic E-state index is 5.41.